The highest BCUT2D eigenvalue weighted by Crippen LogP contribution is 2.30. The van der Waals surface area contributed by atoms with E-state index in [0.717, 1.165) is 23.1 Å². The molecule has 2 aromatic carbocycles. The first-order chi connectivity index (χ1) is 9.17. The van der Waals surface area contributed by atoms with Gasteiger partial charge in [-0.1, -0.05) is 40.2 Å². The SMILES string of the molecule is CCN(c1ccc(CBr)cc1C)c1ccccc1F. The molecule has 0 atom stereocenters. The van der Waals surface area contributed by atoms with Crippen molar-refractivity contribution >= 4 is 27.3 Å². The molecule has 0 saturated carbocycles. The number of nitrogens with zero attached hydrogens (tertiary/aromatic N) is 1. The van der Waals surface area contributed by atoms with Gasteiger partial charge in [0.1, 0.15) is 5.82 Å². The van der Waals surface area contributed by atoms with Crippen LogP contribution >= 0.6 is 15.9 Å². The minimum Gasteiger partial charge on any atom is -0.339 e. The molecule has 3 heteroatoms. The number of halogens is 2. The molecule has 0 heterocycles. The fourth-order valence-electron chi connectivity index (χ4n) is 2.24. The number of hydrogen-bond donors (Lipinski definition) is 0. The number of aryl methyl sites for hydroxylation is 1. The second kappa shape index (κ2) is 6.20. The summed E-state index contributed by atoms with van der Waals surface area (Å²) >= 11 is 3.45. The highest BCUT2D eigenvalue weighted by atomic mass is 79.9. The van der Waals surface area contributed by atoms with Gasteiger partial charge in [-0.05, 0) is 43.2 Å². The van der Waals surface area contributed by atoms with Crippen molar-refractivity contribution in [1.82, 2.24) is 0 Å². The molecule has 0 aliphatic heterocycles. The van der Waals surface area contributed by atoms with Gasteiger partial charge in [0.2, 0.25) is 0 Å². The summed E-state index contributed by atoms with van der Waals surface area (Å²) in [5.41, 5.74) is 4.06. The second-order valence-electron chi connectivity index (χ2n) is 4.45. The molecule has 0 amide bonds. The summed E-state index contributed by atoms with van der Waals surface area (Å²) in [6.45, 7) is 4.82. The lowest BCUT2D eigenvalue weighted by Crippen LogP contribution is -2.18. The van der Waals surface area contributed by atoms with Crippen LogP contribution in [0.5, 0.6) is 0 Å². The van der Waals surface area contributed by atoms with Gasteiger partial charge < -0.3 is 4.90 Å². The van der Waals surface area contributed by atoms with E-state index in [1.165, 1.54) is 11.6 Å². The van der Waals surface area contributed by atoms with E-state index in [1.54, 1.807) is 6.07 Å². The lowest BCUT2D eigenvalue weighted by Gasteiger charge is -2.25. The summed E-state index contributed by atoms with van der Waals surface area (Å²) in [5.74, 6) is -0.187. The largest absolute Gasteiger partial charge is 0.339 e. The van der Waals surface area contributed by atoms with Crippen molar-refractivity contribution in [3.63, 3.8) is 0 Å². The molecule has 0 N–H and O–H groups in total. The van der Waals surface area contributed by atoms with E-state index >= 15 is 0 Å². The third kappa shape index (κ3) is 2.98. The van der Waals surface area contributed by atoms with Gasteiger partial charge in [-0.15, -0.1) is 0 Å². The second-order valence-corrected chi connectivity index (χ2v) is 5.01. The zero-order valence-electron chi connectivity index (χ0n) is 11.2. The first kappa shape index (κ1) is 14.1. The van der Waals surface area contributed by atoms with Crippen LogP contribution in [-0.2, 0) is 5.33 Å². The lowest BCUT2D eigenvalue weighted by molar-refractivity contribution is 0.625. The van der Waals surface area contributed by atoms with E-state index in [4.69, 9.17) is 0 Å². The summed E-state index contributed by atoms with van der Waals surface area (Å²) < 4.78 is 13.9. The van der Waals surface area contributed by atoms with E-state index in [1.807, 2.05) is 24.0 Å². The molecule has 1 nitrogen and oxygen atoms in total. The van der Waals surface area contributed by atoms with Crippen molar-refractivity contribution in [2.75, 3.05) is 11.4 Å². The molecule has 0 bridgehead atoms. The van der Waals surface area contributed by atoms with Gasteiger partial charge in [0.25, 0.3) is 0 Å². The van der Waals surface area contributed by atoms with Crippen molar-refractivity contribution in [2.45, 2.75) is 19.2 Å². The molecule has 0 aliphatic rings. The third-order valence-electron chi connectivity index (χ3n) is 3.17. The molecule has 0 fully saturated rings. The molecular formula is C16H17BrFN. The van der Waals surface area contributed by atoms with Crippen LogP contribution in [0.1, 0.15) is 18.1 Å². The fraction of sp³-hybridized carbons (Fsp3) is 0.250. The van der Waals surface area contributed by atoms with Crippen LogP contribution in [0.3, 0.4) is 0 Å². The fourth-order valence-corrected chi connectivity index (χ4v) is 2.59. The number of hydrogen-bond acceptors (Lipinski definition) is 1. The Bertz CT molecular complexity index is 568. The Kier molecular flexibility index (Phi) is 4.59. The molecule has 19 heavy (non-hydrogen) atoms. The Labute approximate surface area is 122 Å². The Morgan fingerprint density at radius 1 is 1.11 bits per heavy atom. The summed E-state index contributed by atoms with van der Waals surface area (Å²) in [5, 5.41) is 0.833. The summed E-state index contributed by atoms with van der Waals surface area (Å²) in [7, 11) is 0. The van der Waals surface area contributed by atoms with Crippen LogP contribution in [0.4, 0.5) is 15.8 Å². The molecule has 0 saturated heterocycles. The quantitative estimate of drug-likeness (QED) is 0.701. The van der Waals surface area contributed by atoms with Gasteiger partial charge in [0, 0.05) is 17.6 Å². The van der Waals surface area contributed by atoms with Crippen molar-refractivity contribution in [1.29, 1.82) is 0 Å². The standard InChI is InChI=1S/C16H17BrFN/c1-3-19(16-7-5-4-6-14(16)18)15-9-8-13(11-17)10-12(15)2/h4-10H,3,11H2,1-2H3. The molecule has 100 valence electrons. The smallest absolute Gasteiger partial charge is 0.146 e. The topological polar surface area (TPSA) is 3.24 Å². The molecule has 0 unspecified atom stereocenters. The number of rotatable bonds is 4. The Balaban J connectivity index is 2.46. The summed E-state index contributed by atoms with van der Waals surface area (Å²) in [6.07, 6.45) is 0. The van der Waals surface area contributed by atoms with Crippen molar-refractivity contribution < 1.29 is 4.39 Å². The van der Waals surface area contributed by atoms with E-state index < -0.39 is 0 Å². The van der Waals surface area contributed by atoms with Crippen LogP contribution in [-0.4, -0.2) is 6.54 Å². The van der Waals surface area contributed by atoms with Gasteiger partial charge in [-0.2, -0.15) is 0 Å². The van der Waals surface area contributed by atoms with E-state index in [2.05, 4.69) is 41.1 Å². The van der Waals surface area contributed by atoms with Crippen LogP contribution in [0.15, 0.2) is 42.5 Å². The lowest BCUT2D eigenvalue weighted by atomic mass is 10.1. The summed E-state index contributed by atoms with van der Waals surface area (Å²) in [6, 6.07) is 13.2. The molecule has 2 aromatic rings. The summed E-state index contributed by atoms with van der Waals surface area (Å²) in [4.78, 5) is 2.00. The molecule has 0 radical (unpaired) electrons. The van der Waals surface area contributed by atoms with Gasteiger partial charge in [0.05, 0.1) is 5.69 Å². The van der Waals surface area contributed by atoms with Crippen molar-refractivity contribution in [2.24, 2.45) is 0 Å². The minimum absolute atomic E-state index is 0.187. The normalized spacial score (nSPS) is 10.5. The van der Waals surface area contributed by atoms with E-state index in [0.29, 0.717) is 5.69 Å². The van der Waals surface area contributed by atoms with Crippen molar-refractivity contribution in [3.8, 4) is 0 Å². The highest BCUT2D eigenvalue weighted by molar-refractivity contribution is 9.08. The van der Waals surface area contributed by atoms with Crippen LogP contribution in [0, 0.1) is 12.7 Å². The molecule has 0 spiro atoms. The maximum Gasteiger partial charge on any atom is 0.146 e. The van der Waals surface area contributed by atoms with Crippen LogP contribution in [0.25, 0.3) is 0 Å². The average Bonchev–Trinajstić information content (AvgIpc) is 2.43. The Morgan fingerprint density at radius 2 is 1.84 bits per heavy atom. The third-order valence-corrected chi connectivity index (χ3v) is 3.81. The van der Waals surface area contributed by atoms with Gasteiger partial charge in [-0.25, -0.2) is 4.39 Å². The average molecular weight is 322 g/mol. The maximum atomic E-state index is 13.9. The Morgan fingerprint density at radius 3 is 2.42 bits per heavy atom. The molecular weight excluding hydrogens is 305 g/mol. The predicted molar refractivity (Wildman–Crippen MR) is 82.9 cm³/mol. The maximum absolute atomic E-state index is 13.9. The number of anilines is 2. The first-order valence-electron chi connectivity index (χ1n) is 6.35. The molecule has 0 aromatic heterocycles. The Hall–Kier alpha value is -1.35. The monoisotopic (exact) mass is 321 g/mol. The zero-order chi connectivity index (χ0) is 13.8. The number of benzene rings is 2. The predicted octanol–water partition coefficient (Wildman–Crippen LogP) is 5.19. The first-order valence-corrected chi connectivity index (χ1v) is 7.47. The molecule has 0 aliphatic carbocycles. The van der Waals surface area contributed by atoms with E-state index in [9.17, 15) is 4.39 Å². The van der Waals surface area contributed by atoms with Crippen molar-refractivity contribution in [3.05, 3.63) is 59.4 Å². The van der Waals surface area contributed by atoms with E-state index in [-0.39, 0.29) is 5.82 Å². The highest BCUT2D eigenvalue weighted by Gasteiger charge is 2.13. The minimum atomic E-state index is -0.187. The van der Waals surface area contributed by atoms with Crippen LogP contribution in [0.2, 0.25) is 0 Å². The van der Waals surface area contributed by atoms with Gasteiger partial charge in [0.15, 0.2) is 0 Å². The molecule has 2 rings (SSSR count). The zero-order valence-corrected chi connectivity index (χ0v) is 12.7. The van der Waals surface area contributed by atoms with Gasteiger partial charge >= 0.3 is 0 Å². The number of alkyl halides is 1. The van der Waals surface area contributed by atoms with Crippen LogP contribution < -0.4 is 4.90 Å². The number of para-hydroxylation sites is 1. The van der Waals surface area contributed by atoms with Gasteiger partial charge in [-0.3, -0.25) is 0 Å².